The summed E-state index contributed by atoms with van der Waals surface area (Å²) in [5.74, 6) is -2.06. The van der Waals surface area contributed by atoms with Gasteiger partial charge in [-0.05, 0) is 73.4 Å². The summed E-state index contributed by atoms with van der Waals surface area (Å²) < 4.78 is 34.5. The van der Waals surface area contributed by atoms with Crippen molar-refractivity contribution < 1.29 is 37.6 Å². The van der Waals surface area contributed by atoms with Crippen molar-refractivity contribution >= 4 is 50.9 Å². The number of anilines is 2. The number of sulfonamides is 1. The highest BCUT2D eigenvalue weighted by atomic mass is 32.2. The van der Waals surface area contributed by atoms with E-state index < -0.39 is 43.3 Å². The molecule has 0 saturated carbocycles. The standard InChI is InChI=1S/C37H38N4O9S/c1-26-12-9-10-13-27(26)17-22-35(42)39-28-18-20-31(34(24-28)50-29-14-6-5-7-15-29)37(45)40-51(48,49)30-19-21-32(33(25-30)41(46)47)38-23-11-4-2-3-8-16-36(43)44/h5-7,9-10,12-15,17-22,24-25,38H,2-4,8,11,16,23H2,1H3,(H,39,42)(H,40,45)(H,43,44). The molecule has 0 bridgehead atoms. The quantitative estimate of drug-likeness (QED) is 0.0351. The van der Waals surface area contributed by atoms with Crippen LogP contribution >= 0.6 is 0 Å². The summed E-state index contributed by atoms with van der Waals surface area (Å²) in [5.41, 5.74) is 1.58. The number of nitrogens with one attached hydrogen (secondary N) is 3. The van der Waals surface area contributed by atoms with Gasteiger partial charge in [0, 0.05) is 36.9 Å². The second-order valence-electron chi connectivity index (χ2n) is 11.5. The third-order valence-corrected chi connectivity index (χ3v) is 8.98. The molecule has 0 aliphatic rings. The van der Waals surface area contributed by atoms with E-state index in [1.165, 1.54) is 30.3 Å². The fraction of sp³-hybridized carbons (Fsp3) is 0.216. The van der Waals surface area contributed by atoms with Crippen LogP contribution in [0, 0.1) is 17.0 Å². The number of nitro groups is 1. The molecule has 4 N–H and O–H groups in total. The van der Waals surface area contributed by atoms with Gasteiger partial charge in [-0.2, -0.15) is 0 Å². The van der Waals surface area contributed by atoms with Crippen molar-refractivity contribution in [2.75, 3.05) is 17.2 Å². The summed E-state index contributed by atoms with van der Waals surface area (Å²) in [6, 6.07) is 23.4. The minimum absolute atomic E-state index is 0.0537. The summed E-state index contributed by atoms with van der Waals surface area (Å²) in [5, 5.41) is 26.2. The van der Waals surface area contributed by atoms with E-state index >= 15 is 0 Å². The maximum absolute atomic E-state index is 13.4. The number of aryl methyl sites for hydroxylation is 1. The highest BCUT2D eigenvalue weighted by molar-refractivity contribution is 7.90. The van der Waals surface area contributed by atoms with Crippen LogP contribution in [0.2, 0.25) is 0 Å². The Hall–Kier alpha value is -6.02. The van der Waals surface area contributed by atoms with E-state index in [-0.39, 0.29) is 29.1 Å². The third kappa shape index (κ3) is 11.5. The lowest BCUT2D eigenvalue weighted by molar-refractivity contribution is -0.384. The molecule has 0 aliphatic carbocycles. The molecule has 0 radical (unpaired) electrons. The monoisotopic (exact) mass is 714 g/mol. The Morgan fingerprint density at radius 1 is 0.882 bits per heavy atom. The van der Waals surface area contributed by atoms with Crippen molar-refractivity contribution in [1.82, 2.24) is 4.72 Å². The predicted molar refractivity (Wildman–Crippen MR) is 193 cm³/mol. The van der Waals surface area contributed by atoms with Crippen LogP contribution in [0.25, 0.3) is 6.08 Å². The van der Waals surface area contributed by atoms with Crippen molar-refractivity contribution in [1.29, 1.82) is 0 Å². The molecule has 4 rings (SSSR count). The van der Waals surface area contributed by atoms with Gasteiger partial charge in [-0.3, -0.25) is 24.5 Å². The maximum atomic E-state index is 13.4. The Kier molecular flexibility index (Phi) is 13.4. The first-order chi connectivity index (χ1) is 24.4. The van der Waals surface area contributed by atoms with Gasteiger partial charge >= 0.3 is 5.97 Å². The second kappa shape index (κ2) is 18.1. The van der Waals surface area contributed by atoms with E-state index in [4.69, 9.17) is 9.84 Å². The van der Waals surface area contributed by atoms with Gasteiger partial charge in [0.25, 0.3) is 21.6 Å². The maximum Gasteiger partial charge on any atom is 0.303 e. The van der Waals surface area contributed by atoms with Gasteiger partial charge in [-0.1, -0.05) is 61.7 Å². The van der Waals surface area contributed by atoms with Crippen LogP contribution in [0.1, 0.15) is 60.0 Å². The normalized spacial score (nSPS) is 11.2. The molecule has 0 aliphatic heterocycles. The Labute approximate surface area is 295 Å². The van der Waals surface area contributed by atoms with Gasteiger partial charge in [-0.25, -0.2) is 13.1 Å². The van der Waals surface area contributed by atoms with Crippen molar-refractivity contribution in [3.05, 3.63) is 124 Å². The summed E-state index contributed by atoms with van der Waals surface area (Å²) in [6.07, 6.45) is 6.75. The molecule has 0 heterocycles. The predicted octanol–water partition coefficient (Wildman–Crippen LogP) is 7.30. The Morgan fingerprint density at radius 3 is 2.31 bits per heavy atom. The van der Waals surface area contributed by atoms with Crippen LogP contribution in [-0.4, -0.2) is 42.8 Å². The molecule has 4 aromatic rings. The van der Waals surface area contributed by atoms with Crippen LogP contribution < -0.4 is 20.1 Å². The van der Waals surface area contributed by atoms with Gasteiger partial charge in [0.05, 0.1) is 15.4 Å². The topological polar surface area (TPSA) is 194 Å². The van der Waals surface area contributed by atoms with E-state index in [9.17, 15) is 32.9 Å². The lowest BCUT2D eigenvalue weighted by atomic mass is 10.1. The first kappa shape index (κ1) is 37.8. The number of hydrogen-bond acceptors (Lipinski definition) is 9. The number of nitro benzene ring substituents is 1. The van der Waals surface area contributed by atoms with Crippen LogP contribution in [-0.2, 0) is 19.6 Å². The van der Waals surface area contributed by atoms with Crippen LogP contribution in [0.15, 0.2) is 102 Å². The molecular formula is C37H38N4O9S. The molecule has 0 atom stereocenters. The van der Waals surface area contributed by atoms with Crippen molar-refractivity contribution in [2.24, 2.45) is 0 Å². The summed E-state index contributed by atoms with van der Waals surface area (Å²) >= 11 is 0. The van der Waals surface area contributed by atoms with E-state index in [0.29, 0.717) is 25.1 Å². The highest BCUT2D eigenvalue weighted by Gasteiger charge is 2.25. The van der Waals surface area contributed by atoms with Crippen LogP contribution in [0.4, 0.5) is 17.1 Å². The van der Waals surface area contributed by atoms with Crippen LogP contribution in [0.5, 0.6) is 11.5 Å². The third-order valence-electron chi connectivity index (χ3n) is 7.65. The van der Waals surface area contributed by atoms with Crippen LogP contribution in [0.3, 0.4) is 0 Å². The smallest absolute Gasteiger partial charge is 0.303 e. The highest BCUT2D eigenvalue weighted by Crippen LogP contribution is 2.31. The molecule has 14 heteroatoms. The van der Waals surface area contributed by atoms with Crippen molar-refractivity contribution in [3.63, 3.8) is 0 Å². The summed E-state index contributed by atoms with van der Waals surface area (Å²) in [7, 11) is -4.59. The lowest BCUT2D eigenvalue weighted by Gasteiger charge is -2.14. The molecule has 0 aromatic heterocycles. The molecule has 0 unspecified atom stereocenters. The number of carboxylic acid groups (broad SMARTS) is 1. The minimum atomic E-state index is -4.59. The number of benzene rings is 4. The van der Waals surface area contributed by atoms with Gasteiger partial charge in [0.15, 0.2) is 0 Å². The molecule has 0 spiro atoms. The van der Waals surface area contributed by atoms with Gasteiger partial charge in [0.2, 0.25) is 5.91 Å². The zero-order valence-corrected chi connectivity index (χ0v) is 28.6. The number of amides is 2. The fourth-order valence-corrected chi connectivity index (χ4v) is 5.97. The Bertz CT molecular complexity index is 2020. The summed E-state index contributed by atoms with van der Waals surface area (Å²) in [6.45, 7) is 2.30. The average Bonchev–Trinajstić information content (AvgIpc) is 3.09. The molecule has 0 saturated heterocycles. The number of carbonyl (C=O) groups is 3. The molecule has 13 nitrogen and oxygen atoms in total. The van der Waals surface area contributed by atoms with E-state index in [1.807, 2.05) is 35.9 Å². The SMILES string of the molecule is Cc1ccccc1C=CC(=O)Nc1ccc(C(=O)NS(=O)(=O)c2ccc(NCCCCCCCC(=O)O)c([N+](=O)[O-])c2)c(Oc2ccccc2)c1. The van der Waals surface area contributed by atoms with E-state index in [1.54, 1.807) is 36.4 Å². The number of hydrogen-bond donors (Lipinski definition) is 4. The number of carbonyl (C=O) groups excluding carboxylic acids is 2. The second-order valence-corrected chi connectivity index (χ2v) is 13.2. The fourth-order valence-electron chi connectivity index (χ4n) is 4.98. The minimum Gasteiger partial charge on any atom is -0.481 e. The first-order valence-corrected chi connectivity index (χ1v) is 17.6. The molecular weight excluding hydrogens is 676 g/mol. The molecule has 0 fully saturated rings. The van der Waals surface area contributed by atoms with Crippen molar-refractivity contribution in [3.8, 4) is 11.5 Å². The summed E-state index contributed by atoms with van der Waals surface area (Å²) in [4.78, 5) is 47.4. The number of rotatable bonds is 18. The first-order valence-electron chi connectivity index (χ1n) is 16.2. The van der Waals surface area contributed by atoms with E-state index in [2.05, 4.69) is 10.6 Å². The van der Waals surface area contributed by atoms with Gasteiger partial charge in [0.1, 0.15) is 17.2 Å². The number of nitrogens with zero attached hydrogens (tertiary/aromatic N) is 1. The largest absolute Gasteiger partial charge is 0.481 e. The number of ether oxygens (including phenoxy) is 1. The molecule has 51 heavy (non-hydrogen) atoms. The zero-order valence-electron chi connectivity index (χ0n) is 27.8. The molecule has 2 amide bonds. The Morgan fingerprint density at radius 2 is 1.59 bits per heavy atom. The molecule has 4 aromatic carbocycles. The number of para-hydroxylation sites is 1. The van der Waals surface area contributed by atoms with E-state index in [0.717, 1.165) is 42.5 Å². The van der Waals surface area contributed by atoms with Gasteiger partial charge < -0.3 is 20.5 Å². The number of aliphatic carboxylic acids is 1. The Balaban J connectivity index is 1.48. The zero-order chi connectivity index (χ0) is 36.8. The number of unbranched alkanes of at least 4 members (excludes halogenated alkanes) is 4. The average molecular weight is 715 g/mol. The van der Waals surface area contributed by atoms with Gasteiger partial charge in [-0.15, -0.1) is 0 Å². The molecule has 266 valence electrons. The van der Waals surface area contributed by atoms with Crippen molar-refractivity contribution in [2.45, 2.75) is 50.3 Å². The number of carboxylic acids is 1. The lowest BCUT2D eigenvalue weighted by Crippen LogP contribution is -2.31.